The highest BCUT2D eigenvalue weighted by atomic mass is 127. The van der Waals surface area contributed by atoms with Gasteiger partial charge in [-0.1, -0.05) is 48.5 Å². The maximum absolute atomic E-state index is 12.3. The monoisotopic (exact) mass is 466 g/mol. The standard InChI is InChI=1S/C18H12BrIO2/c19-17-14-7-3-1-5-12(14)9-10-15(17)18(21)22-11-13-6-2-4-8-16(13)20/h1-10H,11H2. The van der Waals surface area contributed by atoms with Gasteiger partial charge in [0.1, 0.15) is 6.61 Å². The van der Waals surface area contributed by atoms with E-state index in [4.69, 9.17) is 4.74 Å². The van der Waals surface area contributed by atoms with Crippen LogP contribution in [0.2, 0.25) is 0 Å². The van der Waals surface area contributed by atoms with Gasteiger partial charge in [-0.05, 0) is 61.4 Å². The SMILES string of the molecule is O=C(OCc1ccccc1I)c1ccc2ccccc2c1Br. The van der Waals surface area contributed by atoms with Crippen LogP contribution in [0.1, 0.15) is 15.9 Å². The van der Waals surface area contributed by atoms with E-state index < -0.39 is 0 Å². The number of carbonyl (C=O) groups excluding carboxylic acids is 1. The second-order valence-electron chi connectivity index (χ2n) is 4.82. The van der Waals surface area contributed by atoms with Crippen LogP contribution in [-0.4, -0.2) is 5.97 Å². The van der Waals surface area contributed by atoms with E-state index in [0.29, 0.717) is 5.56 Å². The zero-order valence-electron chi connectivity index (χ0n) is 11.6. The van der Waals surface area contributed by atoms with Crippen molar-refractivity contribution in [2.24, 2.45) is 0 Å². The van der Waals surface area contributed by atoms with Gasteiger partial charge in [0.25, 0.3) is 0 Å². The molecule has 2 nitrogen and oxygen atoms in total. The molecule has 3 aromatic rings. The van der Waals surface area contributed by atoms with Crippen LogP contribution < -0.4 is 0 Å². The third kappa shape index (κ3) is 3.17. The van der Waals surface area contributed by atoms with E-state index >= 15 is 0 Å². The van der Waals surface area contributed by atoms with Gasteiger partial charge in [-0.15, -0.1) is 0 Å². The number of fused-ring (bicyclic) bond motifs is 1. The van der Waals surface area contributed by atoms with E-state index in [1.165, 1.54) is 0 Å². The predicted molar refractivity (Wildman–Crippen MR) is 99.9 cm³/mol. The minimum absolute atomic E-state index is 0.275. The first kappa shape index (κ1) is 15.5. The molecular formula is C18H12BrIO2. The van der Waals surface area contributed by atoms with Gasteiger partial charge in [0, 0.05) is 13.6 Å². The Bertz CT molecular complexity index is 845. The summed E-state index contributed by atoms with van der Waals surface area (Å²) in [6.45, 7) is 0.275. The molecule has 4 heteroatoms. The number of hydrogen-bond donors (Lipinski definition) is 0. The number of halogens is 2. The van der Waals surface area contributed by atoms with Crippen molar-refractivity contribution >= 4 is 55.3 Å². The first-order valence-electron chi connectivity index (χ1n) is 6.74. The van der Waals surface area contributed by atoms with Gasteiger partial charge in [-0.2, -0.15) is 0 Å². The second-order valence-corrected chi connectivity index (χ2v) is 6.77. The average Bonchev–Trinajstić information content (AvgIpc) is 2.54. The number of hydrogen-bond acceptors (Lipinski definition) is 2. The first-order chi connectivity index (χ1) is 10.7. The summed E-state index contributed by atoms with van der Waals surface area (Å²) in [6.07, 6.45) is 0. The van der Waals surface area contributed by atoms with Crippen molar-refractivity contribution < 1.29 is 9.53 Å². The Hall–Kier alpha value is -1.40. The summed E-state index contributed by atoms with van der Waals surface area (Å²) >= 11 is 5.76. The normalized spacial score (nSPS) is 10.6. The second kappa shape index (κ2) is 6.79. The van der Waals surface area contributed by atoms with Gasteiger partial charge in [-0.3, -0.25) is 0 Å². The summed E-state index contributed by atoms with van der Waals surface area (Å²) in [6, 6.07) is 19.5. The van der Waals surface area contributed by atoms with Crippen LogP contribution in [0.4, 0.5) is 0 Å². The van der Waals surface area contributed by atoms with Gasteiger partial charge in [-0.25, -0.2) is 4.79 Å². The molecule has 0 N–H and O–H groups in total. The molecule has 0 amide bonds. The third-order valence-corrected chi connectivity index (χ3v) is 5.31. The molecule has 3 rings (SSSR count). The van der Waals surface area contributed by atoms with Crippen molar-refractivity contribution in [1.82, 2.24) is 0 Å². The molecule has 0 heterocycles. The Morgan fingerprint density at radius 1 is 1.00 bits per heavy atom. The third-order valence-electron chi connectivity index (χ3n) is 3.40. The zero-order valence-corrected chi connectivity index (χ0v) is 15.3. The maximum Gasteiger partial charge on any atom is 0.339 e. The Labute approximate surface area is 150 Å². The molecule has 0 radical (unpaired) electrons. The number of ether oxygens (including phenoxy) is 1. The van der Waals surface area contributed by atoms with Crippen LogP contribution in [0.15, 0.2) is 65.1 Å². The Balaban J connectivity index is 1.84. The fourth-order valence-corrected chi connectivity index (χ4v) is 3.43. The molecule has 0 aliphatic carbocycles. The fraction of sp³-hybridized carbons (Fsp3) is 0.0556. The van der Waals surface area contributed by atoms with Crippen molar-refractivity contribution in [2.45, 2.75) is 6.61 Å². The van der Waals surface area contributed by atoms with E-state index in [1.54, 1.807) is 6.07 Å². The van der Waals surface area contributed by atoms with Crippen LogP contribution in [-0.2, 0) is 11.3 Å². The van der Waals surface area contributed by atoms with Gasteiger partial charge < -0.3 is 4.74 Å². The molecule has 0 aromatic heterocycles. The molecule has 0 saturated carbocycles. The summed E-state index contributed by atoms with van der Waals surface area (Å²) in [5, 5.41) is 2.09. The number of rotatable bonds is 3. The van der Waals surface area contributed by atoms with E-state index in [1.807, 2.05) is 54.6 Å². The number of benzene rings is 3. The van der Waals surface area contributed by atoms with E-state index in [-0.39, 0.29) is 12.6 Å². The molecular weight excluding hydrogens is 455 g/mol. The predicted octanol–water partition coefficient (Wildman–Crippen LogP) is 5.56. The molecule has 0 bridgehead atoms. The molecule has 0 atom stereocenters. The summed E-state index contributed by atoms with van der Waals surface area (Å²) in [5.41, 5.74) is 1.55. The van der Waals surface area contributed by atoms with Crippen LogP contribution in [0, 0.1) is 3.57 Å². The molecule has 0 spiro atoms. The van der Waals surface area contributed by atoms with Gasteiger partial charge in [0.15, 0.2) is 0 Å². The van der Waals surface area contributed by atoms with Crippen LogP contribution in [0.5, 0.6) is 0 Å². The molecule has 22 heavy (non-hydrogen) atoms. The fourth-order valence-electron chi connectivity index (χ4n) is 2.23. The first-order valence-corrected chi connectivity index (χ1v) is 8.62. The molecule has 0 unspecified atom stereocenters. The molecule has 110 valence electrons. The molecule has 3 aromatic carbocycles. The Morgan fingerprint density at radius 3 is 2.55 bits per heavy atom. The van der Waals surface area contributed by atoms with E-state index in [2.05, 4.69) is 38.5 Å². The number of carbonyl (C=O) groups is 1. The lowest BCUT2D eigenvalue weighted by Crippen LogP contribution is -2.07. The summed E-state index contributed by atoms with van der Waals surface area (Å²) in [4.78, 5) is 12.3. The summed E-state index contributed by atoms with van der Waals surface area (Å²) in [7, 11) is 0. The van der Waals surface area contributed by atoms with Crippen LogP contribution in [0.3, 0.4) is 0 Å². The highest BCUT2D eigenvalue weighted by Crippen LogP contribution is 2.28. The van der Waals surface area contributed by atoms with Crippen molar-refractivity contribution in [3.8, 4) is 0 Å². The highest BCUT2D eigenvalue weighted by Gasteiger charge is 2.14. The minimum Gasteiger partial charge on any atom is -0.457 e. The number of esters is 1. The summed E-state index contributed by atoms with van der Waals surface area (Å²) in [5.74, 6) is -0.322. The lowest BCUT2D eigenvalue weighted by atomic mass is 10.1. The minimum atomic E-state index is -0.322. The molecule has 0 aliphatic heterocycles. The topological polar surface area (TPSA) is 26.3 Å². The highest BCUT2D eigenvalue weighted by molar-refractivity contribution is 14.1. The van der Waals surface area contributed by atoms with Gasteiger partial charge in [0.2, 0.25) is 0 Å². The zero-order chi connectivity index (χ0) is 15.5. The molecule has 0 fully saturated rings. The van der Waals surface area contributed by atoms with E-state index in [0.717, 1.165) is 24.4 Å². The summed E-state index contributed by atoms with van der Waals surface area (Å²) < 4.78 is 7.32. The molecule has 0 aliphatic rings. The van der Waals surface area contributed by atoms with Crippen LogP contribution in [0.25, 0.3) is 10.8 Å². The quantitative estimate of drug-likeness (QED) is 0.373. The maximum atomic E-state index is 12.3. The average molecular weight is 467 g/mol. The van der Waals surface area contributed by atoms with Crippen molar-refractivity contribution in [3.05, 3.63) is 79.8 Å². The van der Waals surface area contributed by atoms with Crippen molar-refractivity contribution in [3.63, 3.8) is 0 Å². The van der Waals surface area contributed by atoms with E-state index in [9.17, 15) is 4.79 Å². The lowest BCUT2D eigenvalue weighted by Gasteiger charge is -2.09. The van der Waals surface area contributed by atoms with Crippen LogP contribution >= 0.6 is 38.5 Å². The van der Waals surface area contributed by atoms with Gasteiger partial charge in [0.05, 0.1) is 5.56 Å². The Kier molecular flexibility index (Phi) is 4.78. The van der Waals surface area contributed by atoms with Crippen molar-refractivity contribution in [2.75, 3.05) is 0 Å². The largest absolute Gasteiger partial charge is 0.457 e. The molecule has 0 saturated heterocycles. The van der Waals surface area contributed by atoms with Gasteiger partial charge >= 0.3 is 5.97 Å². The van der Waals surface area contributed by atoms with Crippen molar-refractivity contribution in [1.29, 1.82) is 0 Å². The smallest absolute Gasteiger partial charge is 0.339 e. The lowest BCUT2D eigenvalue weighted by molar-refractivity contribution is 0.0471. The Morgan fingerprint density at radius 2 is 1.73 bits per heavy atom.